The molecule has 0 amide bonds. The van der Waals surface area contributed by atoms with Crippen LogP contribution in [0, 0.1) is 0 Å². The Morgan fingerprint density at radius 2 is 1.15 bits per heavy atom. The fourth-order valence-electron chi connectivity index (χ4n) is 1.93. The van der Waals surface area contributed by atoms with Gasteiger partial charge in [0, 0.05) is 12.1 Å². The molecule has 0 aliphatic rings. The molecule has 0 atom stereocenters. The lowest BCUT2D eigenvalue weighted by Crippen LogP contribution is -2.05. The smallest absolute Gasteiger partial charge is 0.121 e. The molecular weight excluding hydrogens is 328 g/mol. The second kappa shape index (κ2) is 13.8. The Morgan fingerprint density at radius 3 is 1.54 bits per heavy atom. The van der Waals surface area contributed by atoms with Crippen molar-refractivity contribution in [2.75, 3.05) is 26.3 Å². The summed E-state index contributed by atoms with van der Waals surface area (Å²) in [6.45, 7) is 6.42. The molecule has 26 heavy (non-hydrogen) atoms. The molecular formula is C20H30N4O2. The predicted octanol–water partition coefficient (Wildman–Crippen LogP) is 4.58. The summed E-state index contributed by atoms with van der Waals surface area (Å²) in [6, 6.07) is 15.0. The van der Waals surface area contributed by atoms with Crippen LogP contribution >= 0.6 is 0 Å². The molecule has 0 saturated carbocycles. The topological polar surface area (TPSA) is 95.2 Å². The van der Waals surface area contributed by atoms with Crippen LogP contribution in [0.25, 0.3) is 0 Å². The van der Waals surface area contributed by atoms with Gasteiger partial charge in [0.25, 0.3) is 0 Å². The summed E-state index contributed by atoms with van der Waals surface area (Å²) >= 11 is 0. The quantitative estimate of drug-likeness (QED) is 0.480. The maximum Gasteiger partial charge on any atom is 0.121 e. The van der Waals surface area contributed by atoms with E-state index in [0.717, 1.165) is 35.7 Å². The lowest BCUT2D eigenvalue weighted by molar-refractivity contribution is 0.313. The lowest BCUT2D eigenvalue weighted by Gasteiger charge is -2.06. The number of nitrogens with zero attached hydrogens (tertiary/aromatic N) is 2. The average molecular weight is 358 g/mol. The molecule has 6 heteroatoms. The first kappa shape index (κ1) is 21.6. The summed E-state index contributed by atoms with van der Waals surface area (Å²) in [4.78, 5) is 0. The Balaban J connectivity index is 0.00000163. The fraction of sp³-hybridized carbons (Fsp3) is 0.400. The molecule has 0 unspecified atom stereocenters. The minimum atomic E-state index is 0.597. The maximum atomic E-state index is 5.60. The van der Waals surface area contributed by atoms with Gasteiger partial charge in [0.15, 0.2) is 0 Å². The maximum absolute atomic E-state index is 5.60. The van der Waals surface area contributed by atoms with Crippen molar-refractivity contribution in [1.29, 1.82) is 0 Å². The van der Waals surface area contributed by atoms with Gasteiger partial charge in [-0.2, -0.15) is 10.2 Å². The van der Waals surface area contributed by atoms with Gasteiger partial charge in [-0.05, 0) is 50.2 Å². The molecule has 0 spiro atoms. The zero-order valence-electron chi connectivity index (χ0n) is 15.7. The average Bonchev–Trinajstić information content (AvgIpc) is 2.69. The second-order valence-corrected chi connectivity index (χ2v) is 5.18. The Bertz CT molecular complexity index is 592. The number of hydrogen-bond donors (Lipinski definition) is 2. The number of benzene rings is 2. The minimum Gasteiger partial charge on any atom is -0.493 e. The van der Waals surface area contributed by atoms with Crippen LogP contribution in [0.15, 0.2) is 58.8 Å². The summed E-state index contributed by atoms with van der Waals surface area (Å²) in [5.74, 6) is 1.53. The zero-order chi connectivity index (χ0) is 19.0. The molecule has 142 valence electrons. The van der Waals surface area contributed by atoms with E-state index in [1.54, 1.807) is 0 Å². The first-order valence-corrected chi connectivity index (χ1v) is 9.09. The van der Waals surface area contributed by atoms with Crippen LogP contribution in [0.2, 0.25) is 0 Å². The Hall–Kier alpha value is -2.44. The van der Waals surface area contributed by atoms with Gasteiger partial charge in [-0.3, -0.25) is 0 Å². The van der Waals surface area contributed by atoms with E-state index < -0.39 is 0 Å². The fourth-order valence-corrected chi connectivity index (χ4v) is 1.93. The van der Waals surface area contributed by atoms with Crippen molar-refractivity contribution in [2.45, 2.75) is 26.7 Å². The van der Waals surface area contributed by atoms with E-state index in [-0.39, 0.29) is 0 Å². The monoisotopic (exact) mass is 358 g/mol. The molecule has 0 aromatic heterocycles. The van der Waals surface area contributed by atoms with Gasteiger partial charge in [0.05, 0.1) is 24.6 Å². The van der Waals surface area contributed by atoms with Crippen LogP contribution in [0.1, 0.15) is 26.7 Å². The Kier molecular flexibility index (Phi) is 11.5. The molecule has 0 bridgehead atoms. The van der Waals surface area contributed by atoms with Gasteiger partial charge in [0.2, 0.25) is 0 Å². The molecule has 0 radical (unpaired) electrons. The third-order valence-corrected chi connectivity index (χ3v) is 3.15. The first-order valence-electron chi connectivity index (χ1n) is 9.09. The van der Waals surface area contributed by atoms with Gasteiger partial charge in [-0.1, -0.05) is 26.0 Å². The van der Waals surface area contributed by atoms with Crippen molar-refractivity contribution < 1.29 is 9.47 Å². The number of rotatable bonds is 10. The standard InChI is InChI=1S/C18H24N4O2.C2H6/c19-9-3-11-23-17-7-1-5-15(13-17)21-22-16-6-2-8-18(14-16)24-12-4-10-20;1-2/h1-2,5-8,13-14H,3-4,9-12,19-20H2;1-2H3. The van der Waals surface area contributed by atoms with Crippen molar-refractivity contribution in [1.82, 2.24) is 0 Å². The number of hydrogen-bond acceptors (Lipinski definition) is 6. The van der Waals surface area contributed by atoms with Gasteiger partial charge >= 0.3 is 0 Å². The normalized spacial score (nSPS) is 10.3. The SMILES string of the molecule is CC.NCCCOc1cccc(N=Nc2cccc(OCCCN)c2)c1. The molecule has 6 nitrogen and oxygen atoms in total. The van der Waals surface area contributed by atoms with E-state index >= 15 is 0 Å². The van der Waals surface area contributed by atoms with E-state index in [2.05, 4.69) is 10.2 Å². The van der Waals surface area contributed by atoms with Gasteiger partial charge in [-0.25, -0.2) is 0 Å². The van der Waals surface area contributed by atoms with Crippen LogP contribution in [0.4, 0.5) is 11.4 Å². The van der Waals surface area contributed by atoms with Crippen LogP contribution < -0.4 is 20.9 Å². The Morgan fingerprint density at radius 1 is 0.731 bits per heavy atom. The molecule has 0 aliphatic carbocycles. The number of azo groups is 1. The van der Waals surface area contributed by atoms with E-state index in [9.17, 15) is 0 Å². The van der Waals surface area contributed by atoms with E-state index in [0.29, 0.717) is 26.3 Å². The molecule has 2 rings (SSSR count). The largest absolute Gasteiger partial charge is 0.493 e. The highest BCUT2D eigenvalue weighted by Crippen LogP contribution is 2.25. The van der Waals surface area contributed by atoms with Crippen LogP contribution in [-0.4, -0.2) is 26.3 Å². The van der Waals surface area contributed by atoms with Crippen molar-refractivity contribution in [2.24, 2.45) is 21.7 Å². The predicted molar refractivity (Wildman–Crippen MR) is 107 cm³/mol. The van der Waals surface area contributed by atoms with Gasteiger partial charge in [-0.15, -0.1) is 0 Å². The molecule has 2 aromatic rings. The zero-order valence-corrected chi connectivity index (χ0v) is 15.7. The highest BCUT2D eigenvalue weighted by atomic mass is 16.5. The molecule has 0 aliphatic heterocycles. The van der Waals surface area contributed by atoms with E-state index in [1.807, 2.05) is 62.4 Å². The van der Waals surface area contributed by atoms with Gasteiger partial charge < -0.3 is 20.9 Å². The Labute approximate surface area is 156 Å². The summed E-state index contributed by atoms with van der Waals surface area (Å²) in [6.07, 6.45) is 1.64. The van der Waals surface area contributed by atoms with Crippen molar-refractivity contribution in [3.05, 3.63) is 48.5 Å². The first-order chi connectivity index (χ1) is 12.8. The lowest BCUT2D eigenvalue weighted by atomic mass is 10.3. The molecule has 4 N–H and O–H groups in total. The highest BCUT2D eigenvalue weighted by molar-refractivity contribution is 5.46. The van der Waals surface area contributed by atoms with Crippen LogP contribution in [0.5, 0.6) is 11.5 Å². The molecule has 0 heterocycles. The summed E-state index contributed by atoms with van der Waals surface area (Å²) in [5, 5.41) is 8.50. The van der Waals surface area contributed by atoms with Crippen molar-refractivity contribution in [3.63, 3.8) is 0 Å². The molecule has 0 fully saturated rings. The van der Waals surface area contributed by atoms with E-state index in [1.165, 1.54) is 0 Å². The van der Waals surface area contributed by atoms with Crippen LogP contribution in [0.3, 0.4) is 0 Å². The summed E-state index contributed by atoms with van der Waals surface area (Å²) in [7, 11) is 0. The highest BCUT2D eigenvalue weighted by Gasteiger charge is 1.98. The van der Waals surface area contributed by atoms with Gasteiger partial charge in [0.1, 0.15) is 11.5 Å². The summed E-state index contributed by atoms with van der Waals surface area (Å²) in [5.41, 5.74) is 12.4. The molecule has 0 saturated heterocycles. The molecule has 2 aromatic carbocycles. The third-order valence-electron chi connectivity index (χ3n) is 3.15. The number of ether oxygens (including phenoxy) is 2. The van der Waals surface area contributed by atoms with E-state index in [4.69, 9.17) is 20.9 Å². The number of nitrogens with two attached hydrogens (primary N) is 2. The van der Waals surface area contributed by atoms with Crippen molar-refractivity contribution >= 4 is 11.4 Å². The third kappa shape index (κ3) is 8.60. The summed E-state index contributed by atoms with van der Waals surface area (Å²) < 4.78 is 11.2. The second-order valence-electron chi connectivity index (χ2n) is 5.18. The van der Waals surface area contributed by atoms with Crippen LogP contribution in [-0.2, 0) is 0 Å². The van der Waals surface area contributed by atoms with Crippen molar-refractivity contribution in [3.8, 4) is 11.5 Å². The minimum absolute atomic E-state index is 0.597.